The van der Waals surface area contributed by atoms with Gasteiger partial charge in [0.25, 0.3) is 0 Å². The Bertz CT molecular complexity index is 716. The van der Waals surface area contributed by atoms with Crippen LogP contribution in [0.3, 0.4) is 0 Å². The second kappa shape index (κ2) is 10.1. The first-order chi connectivity index (χ1) is 15.2. The van der Waals surface area contributed by atoms with E-state index < -0.39 is 0 Å². The maximum absolute atomic E-state index is 6.34. The molecule has 0 aliphatic carbocycles. The van der Waals surface area contributed by atoms with Crippen molar-refractivity contribution in [2.45, 2.75) is 95.9 Å². The number of hydrogen-bond acceptors (Lipinski definition) is 5. The lowest BCUT2D eigenvalue weighted by Gasteiger charge is -2.49. The summed E-state index contributed by atoms with van der Waals surface area (Å²) in [5, 5.41) is 0. The Hall–Kier alpha value is -1.01. The normalized spacial score (nSPS) is 29.8. The van der Waals surface area contributed by atoms with Gasteiger partial charge in [-0.1, -0.05) is 0 Å². The summed E-state index contributed by atoms with van der Waals surface area (Å²) in [6.07, 6.45) is 10.6. The summed E-state index contributed by atoms with van der Waals surface area (Å²) >= 11 is 0. The molecular weight excluding hydrogens is 396 g/mol. The summed E-state index contributed by atoms with van der Waals surface area (Å²) in [6, 6.07) is 5.09. The smallest absolute Gasteiger partial charge is 0.0720 e. The number of hydrogen-bond donors (Lipinski definition) is 0. The highest BCUT2D eigenvalue weighted by molar-refractivity contribution is 5.17. The van der Waals surface area contributed by atoms with Gasteiger partial charge in [-0.05, 0) is 103 Å². The van der Waals surface area contributed by atoms with Crippen molar-refractivity contribution < 1.29 is 4.74 Å². The highest BCUT2D eigenvalue weighted by Gasteiger charge is 2.38. The van der Waals surface area contributed by atoms with Gasteiger partial charge < -0.3 is 4.74 Å². The molecule has 0 bridgehead atoms. The van der Waals surface area contributed by atoms with E-state index in [2.05, 4.69) is 66.4 Å². The van der Waals surface area contributed by atoms with E-state index in [4.69, 9.17) is 4.74 Å². The van der Waals surface area contributed by atoms with Gasteiger partial charge in [0, 0.05) is 55.7 Å². The maximum atomic E-state index is 6.34. The average molecular weight is 443 g/mol. The summed E-state index contributed by atoms with van der Waals surface area (Å²) in [4.78, 5) is 12.4. The fourth-order valence-corrected chi connectivity index (χ4v) is 6.18. The van der Waals surface area contributed by atoms with E-state index in [0.717, 1.165) is 32.7 Å². The van der Waals surface area contributed by atoms with Crippen molar-refractivity contribution in [3.63, 3.8) is 0 Å². The molecule has 3 unspecified atom stereocenters. The molecule has 3 aliphatic rings. The zero-order chi connectivity index (χ0) is 22.8. The van der Waals surface area contributed by atoms with Crippen molar-refractivity contribution in [1.29, 1.82) is 0 Å². The summed E-state index contributed by atoms with van der Waals surface area (Å²) in [5.41, 5.74) is 1.87. The lowest BCUT2D eigenvalue weighted by molar-refractivity contribution is -0.0803. The Morgan fingerprint density at radius 3 is 2.38 bits per heavy atom. The van der Waals surface area contributed by atoms with Crippen molar-refractivity contribution in [3.05, 3.63) is 30.1 Å². The molecule has 3 fully saturated rings. The molecule has 0 radical (unpaired) electrons. The minimum atomic E-state index is 0.156. The number of likely N-dealkylation sites (tertiary alicyclic amines) is 2. The van der Waals surface area contributed by atoms with E-state index in [-0.39, 0.29) is 11.1 Å². The molecular formula is C27H46N4O. The summed E-state index contributed by atoms with van der Waals surface area (Å²) < 4.78 is 6.34. The summed E-state index contributed by atoms with van der Waals surface area (Å²) in [7, 11) is 0. The number of piperidine rings is 2. The molecule has 3 atom stereocenters. The monoisotopic (exact) mass is 442 g/mol. The molecule has 3 saturated heterocycles. The van der Waals surface area contributed by atoms with Crippen molar-refractivity contribution in [3.8, 4) is 0 Å². The third-order valence-electron chi connectivity index (χ3n) is 8.21. The Kier molecular flexibility index (Phi) is 7.60. The first kappa shape index (κ1) is 24.1. The minimum absolute atomic E-state index is 0.156. The molecule has 0 amide bonds. The quantitative estimate of drug-likeness (QED) is 0.675. The third kappa shape index (κ3) is 5.91. The van der Waals surface area contributed by atoms with Crippen LogP contribution in [0.5, 0.6) is 0 Å². The van der Waals surface area contributed by atoms with Crippen LogP contribution in [0, 0.1) is 0 Å². The zero-order valence-electron chi connectivity index (χ0n) is 21.2. The number of nitrogens with zero attached hydrogens (tertiary/aromatic N) is 4. The maximum Gasteiger partial charge on any atom is 0.0720 e. The molecule has 180 valence electrons. The molecule has 4 heterocycles. The Labute approximate surface area is 196 Å². The van der Waals surface area contributed by atoms with Gasteiger partial charge in [-0.3, -0.25) is 19.7 Å². The molecule has 32 heavy (non-hydrogen) atoms. The Morgan fingerprint density at radius 1 is 0.906 bits per heavy atom. The van der Waals surface area contributed by atoms with Crippen LogP contribution in [-0.4, -0.2) is 88.8 Å². The molecule has 1 aromatic rings. The van der Waals surface area contributed by atoms with E-state index in [0.29, 0.717) is 18.1 Å². The van der Waals surface area contributed by atoms with Gasteiger partial charge in [0.2, 0.25) is 0 Å². The number of pyridine rings is 1. The van der Waals surface area contributed by atoms with Gasteiger partial charge in [-0.25, -0.2) is 0 Å². The number of ether oxygens (including phenoxy) is 1. The van der Waals surface area contributed by atoms with Crippen LogP contribution >= 0.6 is 0 Å². The lowest BCUT2D eigenvalue weighted by atomic mass is 9.85. The second-order valence-corrected chi connectivity index (χ2v) is 12.0. The largest absolute Gasteiger partial charge is 0.375 e. The van der Waals surface area contributed by atoms with Crippen molar-refractivity contribution in [2.75, 3.05) is 45.9 Å². The highest BCUT2D eigenvalue weighted by Crippen LogP contribution is 2.33. The Balaban J connectivity index is 1.34. The van der Waals surface area contributed by atoms with Gasteiger partial charge in [-0.15, -0.1) is 0 Å². The van der Waals surface area contributed by atoms with Gasteiger partial charge in [0.05, 0.1) is 12.7 Å². The number of rotatable bonds is 5. The number of morpholine rings is 1. The standard InChI is InChI=1S/C27H46N4O/c1-26(2,3)30-14-7-9-24(20-30)29-16-17-32-25(21-29)18-27(4,5)31-15-6-8-23(19-31)22-10-12-28-13-11-22/h10-13,23-25H,6-9,14-21H2,1-5H3. The van der Waals surface area contributed by atoms with E-state index in [1.54, 1.807) is 0 Å². The second-order valence-electron chi connectivity index (χ2n) is 12.0. The van der Waals surface area contributed by atoms with Crippen LogP contribution < -0.4 is 0 Å². The van der Waals surface area contributed by atoms with Gasteiger partial charge in [-0.2, -0.15) is 0 Å². The summed E-state index contributed by atoms with van der Waals surface area (Å²) in [6.45, 7) is 19.8. The van der Waals surface area contributed by atoms with Crippen LogP contribution in [0.1, 0.15) is 78.2 Å². The lowest BCUT2D eigenvalue weighted by Crippen LogP contribution is -2.58. The van der Waals surface area contributed by atoms with E-state index in [9.17, 15) is 0 Å². The molecule has 0 N–H and O–H groups in total. The highest BCUT2D eigenvalue weighted by atomic mass is 16.5. The summed E-state index contributed by atoms with van der Waals surface area (Å²) in [5.74, 6) is 0.625. The Morgan fingerprint density at radius 2 is 1.62 bits per heavy atom. The predicted octanol–water partition coefficient (Wildman–Crippen LogP) is 4.39. The molecule has 1 aromatic heterocycles. The van der Waals surface area contributed by atoms with Gasteiger partial charge in [0.15, 0.2) is 0 Å². The van der Waals surface area contributed by atoms with E-state index in [1.165, 1.54) is 50.9 Å². The fourth-order valence-electron chi connectivity index (χ4n) is 6.18. The third-order valence-corrected chi connectivity index (χ3v) is 8.21. The number of aromatic nitrogens is 1. The van der Waals surface area contributed by atoms with Crippen molar-refractivity contribution in [2.24, 2.45) is 0 Å². The van der Waals surface area contributed by atoms with E-state index in [1.807, 2.05) is 12.4 Å². The first-order valence-electron chi connectivity index (χ1n) is 13.0. The van der Waals surface area contributed by atoms with Crippen LogP contribution in [0.25, 0.3) is 0 Å². The van der Waals surface area contributed by atoms with Gasteiger partial charge >= 0.3 is 0 Å². The van der Waals surface area contributed by atoms with Crippen LogP contribution in [0.4, 0.5) is 0 Å². The minimum Gasteiger partial charge on any atom is -0.375 e. The van der Waals surface area contributed by atoms with Crippen LogP contribution in [0.15, 0.2) is 24.5 Å². The molecule has 5 heteroatoms. The molecule has 4 rings (SSSR count). The SMILES string of the molecule is CC(C)(C)N1CCCC(N2CCOC(CC(C)(C)N3CCCC(c4ccncc4)C3)C2)C1. The zero-order valence-corrected chi connectivity index (χ0v) is 21.2. The average Bonchev–Trinajstić information content (AvgIpc) is 2.79. The van der Waals surface area contributed by atoms with E-state index >= 15 is 0 Å². The molecule has 0 spiro atoms. The molecule has 0 saturated carbocycles. The first-order valence-corrected chi connectivity index (χ1v) is 13.0. The van der Waals surface area contributed by atoms with Crippen molar-refractivity contribution in [1.82, 2.24) is 19.7 Å². The van der Waals surface area contributed by atoms with Crippen molar-refractivity contribution >= 4 is 0 Å². The fraction of sp³-hybridized carbons (Fsp3) is 0.815. The molecule has 5 nitrogen and oxygen atoms in total. The predicted molar refractivity (Wildman–Crippen MR) is 132 cm³/mol. The topological polar surface area (TPSA) is 31.8 Å². The van der Waals surface area contributed by atoms with Crippen LogP contribution in [0.2, 0.25) is 0 Å². The molecule has 0 aromatic carbocycles. The van der Waals surface area contributed by atoms with Crippen LogP contribution in [-0.2, 0) is 4.74 Å². The van der Waals surface area contributed by atoms with Gasteiger partial charge in [0.1, 0.15) is 0 Å². The molecule has 3 aliphatic heterocycles.